The quantitative estimate of drug-likeness (QED) is 0.623. The summed E-state index contributed by atoms with van der Waals surface area (Å²) in [6.07, 6.45) is 4.59. The second-order valence-corrected chi connectivity index (χ2v) is 11.0. The molecule has 2 bridgehead atoms. The van der Waals surface area contributed by atoms with Gasteiger partial charge < -0.3 is 16.4 Å². The Hall–Kier alpha value is -2.01. The van der Waals surface area contributed by atoms with Crippen molar-refractivity contribution in [3.63, 3.8) is 0 Å². The molecule has 1 aromatic carbocycles. The summed E-state index contributed by atoms with van der Waals surface area (Å²) in [5, 5.41) is 5.87. The maximum absolute atomic E-state index is 13.3. The third-order valence-corrected chi connectivity index (χ3v) is 9.23. The van der Waals surface area contributed by atoms with Crippen molar-refractivity contribution in [2.75, 3.05) is 18.4 Å². The Morgan fingerprint density at radius 3 is 2.45 bits per heavy atom. The van der Waals surface area contributed by atoms with Gasteiger partial charge >= 0.3 is 0 Å². The molecule has 0 spiro atoms. The van der Waals surface area contributed by atoms with Crippen LogP contribution in [0.2, 0.25) is 0 Å². The van der Waals surface area contributed by atoms with Crippen LogP contribution in [-0.4, -0.2) is 66.1 Å². The molecule has 0 aliphatic carbocycles. The van der Waals surface area contributed by atoms with Gasteiger partial charge in [0.2, 0.25) is 5.91 Å². The molecule has 4 N–H and O–H groups in total. The first-order valence-electron chi connectivity index (χ1n) is 11.1. The van der Waals surface area contributed by atoms with Crippen molar-refractivity contribution in [2.24, 2.45) is 5.73 Å². The number of benzene rings is 1. The Balaban J connectivity index is 1.25. The molecule has 31 heavy (non-hydrogen) atoms. The summed E-state index contributed by atoms with van der Waals surface area (Å²) >= 11 is 0. The minimum atomic E-state index is -3.50. The first-order valence-corrected chi connectivity index (χ1v) is 12.5. The molecule has 168 valence electrons. The predicted molar refractivity (Wildman–Crippen MR) is 116 cm³/mol. The summed E-state index contributed by atoms with van der Waals surface area (Å²) in [6.45, 7) is 0.963. The van der Waals surface area contributed by atoms with E-state index < -0.39 is 10.2 Å². The van der Waals surface area contributed by atoms with Crippen molar-refractivity contribution in [3.8, 4) is 0 Å². The molecular formula is C21H29N5O4S. The number of carbonyl (C=O) groups excluding carboxylic acids is 2. The average Bonchev–Trinajstić information content (AvgIpc) is 3.24. The summed E-state index contributed by atoms with van der Waals surface area (Å²) in [4.78, 5) is 24.4. The molecule has 1 unspecified atom stereocenters. The molecule has 10 heteroatoms. The van der Waals surface area contributed by atoms with Crippen LogP contribution in [0.5, 0.6) is 0 Å². The number of carbonyl (C=O) groups is 2. The molecule has 4 aliphatic rings. The van der Waals surface area contributed by atoms with Gasteiger partial charge in [0.25, 0.3) is 16.1 Å². The SMILES string of the molecule is NC1CCN(S(=O)(=O)N2[C@@H]3CC[C@H]2CC(NC(=O)c2ccc4c(c2)CC(=O)N4)C3)CC1. The zero-order valence-electron chi connectivity index (χ0n) is 17.4. The molecule has 4 heterocycles. The van der Waals surface area contributed by atoms with E-state index in [0.29, 0.717) is 44.3 Å². The highest BCUT2D eigenvalue weighted by molar-refractivity contribution is 7.86. The van der Waals surface area contributed by atoms with E-state index in [0.717, 1.165) is 24.1 Å². The number of rotatable bonds is 4. The van der Waals surface area contributed by atoms with Gasteiger partial charge in [-0.05, 0) is 62.3 Å². The molecule has 5 rings (SSSR count). The summed E-state index contributed by atoms with van der Waals surface area (Å²) in [7, 11) is -3.50. The molecule has 0 aromatic heterocycles. The number of hydrogen-bond acceptors (Lipinski definition) is 5. The summed E-state index contributed by atoms with van der Waals surface area (Å²) in [5.74, 6) is -0.235. The maximum Gasteiger partial charge on any atom is 0.282 e. The Labute approximate surface area is 182 Å². The Morgan fingerprint density at radius 2 is 1.77 bits per heavy atom. The van der Waals surface area contributed by atoms with E-state index in [2.05, 4.69) is 10.6 Å². The third-order valence-electron chi connectivity index (χ3n) is 7.09. The molecule has 0 saturated carbocycles. The molecule has 1 aromatic rings. The van der Waals surface area contributed by atoms with Crippen molar-refractivity contribution in [1.82, 2.24) is 13.9 Å². The number of fused-ring (bicyclic) bond motifs is 3. The van der Waals surface area contributed by atoms with Crippen molar-refractivity contribution >= 4 is 27.7 Å². The Kier molecular flexibility index (Phi) is 5.28. The summed E-state index contributed by atoms with van der Waals surface area (Å²) in [6, 6.07) is 5.11. The minimum Gasteiger partial charge on any atom is -0.349 e. The fourth-order valence-electron chi connectivity index (χ4n) is 5.51. The van der Waals surface area contributed by atoms with Crippen LogP contribution in [-0.2, 0) is 21.4 Å². The van der Waals surface area contributed by atoms with Crippen LogP contribution in [0.1, 0.15) is 54.4 Å². The van der Waals surface area contributed by atoms with Crippen LogP contribution in [0.25, 0.3) is 0 Å². The van der Waals surface area contributed by atoms with Gasteiger partial charge in [-0.1, -0.05) is 0 Å². The number of piperidine rings is 2. The highest BCUT2D eigenvalue weighted by atomic mass is 32.2. The number of nitrogens with one attached hydrogen (secondary N) is 2. The fraction of sp³-hybridized carbons (Fsp3) is 0.619. The van der Waals surface area contributed by atoms with Crippen LogP contribution in [0, 0.1) is 0 Å². The van der Waals surface area contributed by atoms with E-state index in [1.807, 2.05) is 0 Å². The fourth-order valence-corrected chi connectivity index (χ4v) is 7.58. The molecular weight excluding hydrogens is 418 g/mol. The van der Waals surface area contributed by atoms with E-state index in [1.54, 1.807) is 26.8 Å². The lowest BCUT2D eigenvalue weighted by molar-refractivity contribution is -0.115. The largest absolute Gasteiger partial charge is 0.349 e. The molecule has 3 atom stereocenters. The third kappa shape index (κ3) is 3.86. The van der Waals surface area contributed by atoms with Gasteiger partial charge in [0.1, 0.15) is 0 Å². The molecule has 3 fully saturated rings. The van der Waals surface area contributed by atoms with Crippen molar-refractivity contribution in [2.45, 2.75) is 69.1 Å². The highest BCUT2D eigenvalue weighted by Gasteiger charge is 2.49. The van der Waals surface area contributed by atoms with Crippen molar-refractivity contribution in [3.05, 3.63) is 29.3 Å². The van der Waals surface area contributed by atoms with Gasteiger partial charge in [-0.3, -0.25) is 9.59 Å². The van der Waals surface area contributed by atoms with Gasteiger partial charge in [-0.25, -0.2) is 0 Å². The number of amides is 2. The Bertz CT molecular complexity index is 991. The zero-order valence-corrected chi connectivity index (χ0v) is 18.2. The first-order chi connectivity index (χ1) is 14.8. The van der Waals surface area contributed by atoms with Crippen LogP contribution in [0.4, 0.5) is 5.69 Å². The number of nitrogens with two attached hydrogens (primary N) is 1. The standard InChI is InChI=1S/C21H29N5O4S/c22-15-5-7-25(8-6-15)31(29,30)26-17-2-3-18(26)12-16(11-17)23-21(28)13-1-4-19-14(9-13)10-20(27)24-19/h1,4,9,15-18H,2-3,5-8,10-12,22H2,(H,23,28)(H,24,27)/t16?,17-,18+. The predicted octanol–water partition coefficient (Wildman–Crippen LogP) is 0.574. The first kappa shape index (κ1) is 20.9. The molecule has 3 saturated heterocycles. The smallest absolute Gasteiger partial charge is 0.282 e. The van der Waals surface area contributed by atoms with Gasteiger partial charge in [-0.15, -0.1) is 0 Å². The zero-order chi connectivity index (χ0) is 21.8. The lowest BCUT2D eigenvalue weighted by Gasteiger charge is -2.41. The van der Waals surface area contributed by atoms with E-state index >= 15 is 0 Å². The second kappa shape index (κ2) is 7.84. The topological polar surface area (TPSA) is 125 Å². The van der Waals surface area contributed by atoms with E-state index in [4.69, 9.17) is 5.73 Å². The number of nitrogens with zero attached hydrogens (tertiary/aromatic N) is 2. The lowest BCUT2D eigenvalue weighted by atomic mass is 9.99. The molecule has 2 amide bonds. The van der Waals surface area contributed by atoms with E-state index in [1.165, 1.54) is 0 Å². The minimum absolute atomic E-state index is 0.0563. The van der Waals surface area contributed by atoms with Gasteiger partial charge in [0.15, 0.2) is 0 Å². The second-order valence-electron chi connectivity index (χ2n) is 9.20. The van der Waals surface area contributed by atoms with Gasteiger partial charge in [0.05, 0.1) is 6.42 Å². The van der Waals surface area contributed by atoms with Crippen molar-refractivity contribution in [1.29, 1.82) is 0 Å². The van der Waals surface area contributed by atoms with Crippen LogP contribution >= 0.6 is 0 Å². The molecule has 0 radical (unpaired) electrons. The normalized spacial score (nSPS) is 29.6. The summed E-state index contributed by atoms with van der Waals surface area (Å²) in [5.41, 5.74) is 8.06. The van der Waals surface area contributed by atoms with E-state index in [9.17, 15) is 18.0 Å². The highest BCUT2D eigenvalue weighted by Crippen LogP contribution is 2.39. The maximum atomic E-state index is 13.3. The van der Waals surface area contributed by atoms with Gasteiger partial charge in [-0.2, -0.15) is 17.0 Å². The van der Waals surface area contributed by atoms with Crippen LogP contribution in [0.3, 0.4) is 0 Å². The van der Waals surface area contributed by atoms with Gasteiger partial charge in [0, 0.05) is 48.5 Å². The monoisotopic (exact) mass is 447 g/mol. The number of anilines is 1. The molecule has 4 aliphatic heterocycles. The number of hydrogen-bond donors (Lipinski definition) is 3. The van der Waals surface area contributed by atoms with Crippen LogP contribution in [0.15, 0.2) is 18.2 Å². The summed E-state index contributed by atoms with van der Waals surface area (Å²) < 4.78 is 29.9. The van der Waals surface area contributed by atoms with Crippen LogP contribution < -0.4 is 16.4 Å². The molecule has 9 nitrogen and oxygen atoms in total. The average molecular weight is 448 g/mol. The van der Waals surface area contributed by atoms with Crippen molar-refractivity contribution < 1.29 is 18.0 Å². The Morgan fingerprint density at radius 1 is 1.10 bits per heavy atom. The lowest BCUT2D eigenvalue weighted by Crippen LogP contribution is -2.57. The van der Waals surface area contributed by atoms with E-state index in [-0.39, 0.29) is 42.4 Å².